The third kappa shape index (κ3) is 4.07. The highest BCUT2D eigenvalue weighted by atomic mass is 16.5. The summed E-state index contributed by atoms with van der Waals surface area (Å²) in [5, 5.41) is 3.16. The van der Waals surface area contributed by atoms with Gasteiger partial charge >= 0.3 is 0 Å². The molecule has 2 rings (SSSR count). The van der Waals surface area contributed by atoms with Crippen molar-refractivity contribution in [2.75, 3.05) is 25.6 Å². The highest BCUT2D eigenvalue weighted by Crippen LogP contribution is 2.16. The van der Waals surface area contributed by atoms with E-state index >= 15 is 0 Å². The molecule has 0 aliphatic rings. The number of benzene rings is 2. The zero-order chi connectivity index (χ0) is 15.1. The van der Waals surface area contributed by atoms with Gasteiger partial charge in [-0.3, -0.25) is 4.79 Å². The van der Waals surface area contributed by atoms with Crippen LogP contribution in [0.3, 0.4) is 0 Å². The van der Waals surface area contributed by atoms with Crippen LogP contribution in [0.25, 0.3) is 0 Å². The van der Waals surface area contributed by atoms with Crippen LogP contribution in [-0.4, -0.2) is 26.6 Å². The van der Waals surface area contributed by atoms with Gasteiger partial charge in [0.15, 0.2) is 0 Å². The number of hydrogen-bond acceptors (Lipinski definition) is 3. The predicted octanol–water partition coefficient (Wildman–Crippen LogP) is 2.45. The summed E-state index contributed by atoms with van der Waals surface area (Å²) >= 11 is 0. The fourth-order valence-electron chi connectivity index (χ4n) is 2.07. The number of rotatable bonds is 6. The Balaban J connectivity index is 1.87. The number of nitrogens with one attached hydrogen (secondary N) is 1. The molecule has 0 aliphatic carbocycles. The van der Waals surface area contributed by atoms with Gasteiger partial charge < -0.3 is 15.0 Å². The second-order valence-corrected chi connectivity index (χ2v) is 4.70. The first-order valence-corrected chi connectivity index (χ1v) is 6.86. The van der Waals surface area contributed by atoms with Crippen LogP contribution in [0.4, 0.5) is 5.69 Å². The molecule has 0 radical (unpaired) electrons. The Bertz CT molecular complexity index is 584. The number of hydrogen-bond donors (Lipinski definition) is 1. The second kappa shape index (κ2) is 7.45. The number of nitrogens with zero attached hydrogens (tertiary/aromatic N) is 1. The lowest BCUT2D eigenvalue weighted by Crippen LogP contribution is -2.35. The molecule has 0 saturated heterocycles. The first-order valence-electron chi connectivity index (χ1n) is 6.86. The Morgan fingerprint density at radius 1 is 1.10 bits per heavy atom. The lowest BCUT2D eigenvalue weighted by molar-refractivity contribution is -0.117. The Kier molecular flexibility index (Phi) is 5.35. The molecular formula is C17H20N2O2. The zero-order valence-electron chi connectivity index (χ0n) is 12.4. The van der Waals surface area contributed by atoms with E-state index in [9.17, 15) is 4.79 Å². The van der Waals surface area contributed by atoms with Crippen LogP contribution in [0.2, 0.25) is 0 Å². The normalized spacial score (nSPS) is 10.2. The number of anilines is 1. The monoisotopic (exact) mass is 284 g/mol. The summed E-state index contributed by atoms with van der Waals surface area (Å²) in [7, 11) is 3.43. The number of ether oxygens (including phenoxy) is 1. The second-order valence-electron chi connectivity index (χ2n) is 4.70. The number of amides is 1. The SMILES string of the molecule is COc1ccccc1CNCC(=O)N(C)c1ccccc1. The van der Waals surface area contributed by atoms with Crippen LogP contribution >= 0.6 is 0 Å². The van der Waals surface area contributed by atoms with Crippen molar-refractivity contribution in [2.24, 2.45) is 0 Å². The minimum Gasteiger partial charge on any atom is -0.496 e. The fourth-order valence-corrected chi connectivity index (χ4v) is 2.07. The van der Waals surface area contributed by atoms with E-state index in [1.165, 1.54) is 0 Å². The van der Waals surface area contributed by atoms with Gasteiger partial charge in [-0.05, 0) is 18.2 Å². The van der Waals surface area contributed by atoms with Crippen molar-refractivity contribution in [1.29, 1.82) is 0 Å². The summed E-state index contributed by atoms with van der Waals surface area (Å²) in [6.07, 6.45) is 0. The molecule has 4 heteroatoms. The van der Waals surface area contributed by atoms with Gasteiger partial charge in [0, 0.05) is 24.8 Å². The maximum Gasteiger partial charge on any atom is 0.240 e. The first-order chi connectivity index (χ1) is 10.2. The maximum absolute atomic E-state index is 12.1. The van der Waals surface area contributed by atoms with E-state index in [0.29, 0.717) is 6.54 Å². The first kappa shape index (κ1) is 15.1. The molecule has 0 spiro atoms. The topological polar surface area (TPSA) is 41.6 Å². The smallest absolute Gasteiger partial charge is 0.240 e. The minimum absolute atomic E-state index is 0.0242. The summed E-state index contributed by atoms with van der Waals surface area (Å²) < 4.78 is 5.28. The van der Waals surface area contributed by atoms with Crippen molar-refractivity contribution in [3.63, 3.8) is 0 Å². The predicted molar refractivity (Wildman–Crippen MR) is 84.6 cm³/mol. The van der Waals surface area contributed by atoms with E-state index in [1.54, 1.807) is 19.1 Å². The summed E-state index contributed by atoms with van der Waals surface area (Å²) in [5.74, 6) is 0.852. The quantitative estimate of drug-likeness (QED) is 0.886. The van der Waals surface area contributed by atoms with Gasteiger partial charge in [0.25, 0.3) is 0 Å². The van der Waals surface area contributed by atoms with Crippen LogP contribution in [-0.2, 0) is 11.3 Å². The van der Waals surface area contributed by atoms with Crippen LogP contribution in [0.15, 0.2) is 54.6 Å². The number of carbonyl (C=O) groups excluding carboxylic acids is 1. The van der Waals surface area contributed by atoms with E-state index in [4.69, 9.17) is 4.74 Å². The third-order valence-corrected chi connectivity index (χ3v) is 3.30. The van der Waals surface area contributed by atoms with Gasteiger partial charge in [-0.15, -0.1) is 0 Å². The molecule has 0 unspecified atom stereocenters. The van der Waals surface area contributed by atoms with Gasteiger partial charge in [0.05, 0.1) is 13.7 Å². The Labute approximate surface area is 125 Å². The molecule has 2 aromatic carbocycles. The molecule has 21 heavy (non-hydrogen) atoms. The molecule has 0 bridgehead atoms. The molecule has 0 atom stereocenters. The molecule has 4 nitrogen and oxygen atoms in total. The van der Waals surface area contributed by atoms with Crippen molar-refractivity contribution in [3.05, 3.63) is 60.2 Å². The molecule has 0 heterocycles. The average molecular weight is 284 g/mol. The van der Waals surface area contributed by atoms with Crippen molar-refractivity contribution in [2.45, 2.75) is 6.54 Å². The largest absolute Gasteiger partial charge is 0.496 e. The Morgan fingerprint density at radius 2 is 1.76 bits per heavy atom. The van der Waals surface area contributed by atoms with Gasteiger partial charge in [-0.1, -0.05) is 36.4 Å². The summed E-state index contributed by atoms with van der Waals surface area (Å²) in [6.45, 7) is 0.877. The molecule has 1 amide bonds. The molecule has 0 fully saturated rings. The van der Waals surface area contributed by atoms with Gasteiger partial charge in [-0.25, -0.2) is 0 Å². The van der Waals surface area contributed by atoms with Crippen molar-refractivity contribution >= 4 is 11.6 Å². The third-order valence-electron chi connectivity index (χ3n) is 3.30. The van der Waals surface area contributed by atoms with Crippen molar-refractivity contribution < 1.29 is 9.53 Å². The average Bonchev–Trinajstić information content (AvgIpc) is 2.55. The van der Waals surface area contributed by atoms with E-state index in [2.05, 4.69) is 5.32 Å². The van der Waals surface area contributed by atoms with Crippen LogP contribution in [0.1, 0.15) is 5.56 Å². The standard InChI is InChI=1S/C17H20N2O2/c1-19(15-9-4-3-5-10-15)17(20)13-18-12-14-8-6-7-11-16(14)21-2/h3-11,18H,12-13H2,1-2H3. The Morgan fingerprint density at radius 3 is 2.48 bits per heavy atom. The van der Waals surface area contributed by atoms with Crippen molar-refractivity contribution in [3.8, 4) is 5.75 Å². The summed E-state index contributed by atoms with van der Waals surface area (Å²) in [6, 6.07) is 17.4. The number of likely N-dealkylation sites (N-methyl/N-ethyl adjacent to an activating group) is 1. The van der Waals surface area contributed by atoms with Crippen LogP contribution in [0.5, 0.6) is 5.75 Å². The van der Waals surface area contributed by atoms with E-state index in [1.807, 2.05) is 54.6 Å². The van der Waals surface area contributed by atoms with E-state index in [-0.39, 0.29) is 12.5 Å². The highest BCUT2D eigenvalue weighted by Gasteiger charge is 2.10. The van der Waals surface area contributed by atoms with Gasteiger partial charge in [-0.2, -0.15) is 0 Å². The number of methoxy groups -OCH3 is 1. The van der Waals surface area contributed by atoms with E-state index in [0.717, 1.165) is 17.0 Å². The highest BCUT2D eigenvalue weighted by molar-refractivity contribution is 5.94. The van der Waals surface area contributed by atoms with E-state index < -0.39 is 0 Å². The summed E-state index contributed by atoms with van der Waals surface area (Å²) in [5.41, 5.74) is 1.93. The maximum atomic E-state index is 12.1. The number of para-hydroxylation sites is 2. The molecule has 2 aromatic rings. The lowest BCUT2D eigenvalue weighted by Gasteiger charge is -2.17. The zero-order valence-corrected chi connectivity index (χ0v) is 12.4. The minimum atomic E-state index is 0.0242. The number of carbonyl (C=O) groups is 1. The van der Waals surface area contributed by atoms with Gasteiger partial charge in [0.2, 0.25) is 5.91 Å². The van der Waals surface area contributed by atoms with Gasteiger partial charge in [0.1, 0.15) is 5.75 Å². The molecule has 0 aromatic heterocycles. The molecular weight excluding hydrogens is 264 g/mol. The molecule has 0 aliphatic heterocycles. The fraction of sp³-hybridized carbons (Fsp3) is 0.235. The molecule has 110 valence electrons. The summed E-state index contributed by atoms with van der Waals surface area (Å²) in [4.78, 5) is 13.8. The lowest BCUT2D eigenvalue weighted by atomic mass is 10.2. The van der Waals surface area contributed by atoms with Crippen LogP contribution < -0.4 is 15.0 Å². The Hall–Kier alpha value is -2.33. The van der Waals surface area contributed by atoms with Crippen molar-refractivity contribution in [1.82, 2.24) is 5.32 Å². The molecule has 0 saturated carbocycles. The van der Waals surface area contributed by atoms with Crippen LogP contribution in [0, 0.1) is 0 Å². The molecule has 1 N–H and O–H groups in total.